The van der Waals surface area contributed by atoms with Crippen LogP contribution in [0, 0.1) is 12.8 Å². The first-order valence-electron chi connectivity index (χ1n) is 9.70. The Morgan fingerprint density at radius 2 is 2.15 bits per heavy atom. The van der Waals surface area contributed by atoms with Gasteiger partial charge in [0.25, 0.3) is 5.56 Å². The Morgan fingerprint density at radius 1 is 1.30 bits per heavy atom. The molecule has 142 valence electrons. The zero-order chi connectivity index (χ0) is 18.8. The molecular formula is C21H25N3O2S. The van der Waals surface area contributed by atoms with Crippen LogP contribution >= 0.6 is 11.3 Å². The summed E-state index contributed by atoms with van der Waals surface area (Å²) in [7, 11) is 0. The summed E-state index contributed by atoms with van der Waals surface area (Å²) in [6.07, 6.45) is 4.92. The van der Waals surface area contributed by atoms with Gasteiger partial charge in [0.05, 0.1) is 12.0 Å². The molecule has 3 aromatic rings. The van der Waals surface area contributed by atoms with Gasteiger partial charge in [0.15, 0.2) is 4.83 Å². The number of thiophene rings is 1. The Labute approximate surface area is 163 Å². The average Bonchev–Trinajstić information content (AvgIpc) is 3.02. The number of nitrogens with zero attached hydrogens (tertiary/aromatic N) is 3. The molecule has 1 aliphatic carbocycles. The summed E-state index contributed by atoms with van der Waals surface area (Å²) >= 11 is 1.65. The largest absolute Gasteiger partial charge is 0.493 e. The molecular weight excluding hydrogens is 358 g/mol. The molecule has 1 aromatic carbocycles. The van der Waals surface area contributed by atoms with Gasteiger partial charge in [-0.1, -0.05) is 30.3 Å². The number of hydrogen-bond donors (Lipinski definition) is 0. The minimum atomic E-state index is 0.0203. The molecule has 1 aliphatic rings. The van der Waals surface area contributed by atoms with E-state index in [4.69, 9.17) is 4.74 Å². The van der Waals surface area contributed by atoms with E-state index >= 15 is 0 Å². The van der Waals surface area contributed by atoms with Gasteiger partial charge in [0.1, 0.15) is 5.75 Å². The predicted octanol–water partition coefficient (Wildman–Crippen LogP) is 4.15. The molecule has 27 heavy (non-hydrogen) atoms. The number of fused-ring (bicyclic) bond motifs is 3. The number of para-hydroxylation sites is 1. The summed E-state index contributed by atoms with van der Waals surface area (Å²) in [5, 5.41) is 9.31. The van der Waals surface area contributed by atoms with E-state index < -0.39 is 0 Å². The number of benzene rings is 1. The molecule has 0 saturated carbocycles. The zero-order valence-corrected chi connectivity index (χ0v) is 16.7. The quantitative estimate of drug-likeness (QED) is 0.600. The Balaban J connectivity index is 1.40. The van der Waals surface area contributed by atoms with Gasteiger partial charge in [0.2, 0.25) is 0 Å². The first-order valence-corrected chi connectivity index (χ1v) is 10.5. The molecule has 6 heteroatoms. The number of aromatic nitrogens is 3. The van der Waals surface area contributed by atoms with Gasteiger partial charge in [-0.05, 0) is 62.1 Å². The lowest BCUT2D eigenvalue weighted by molar-refractivity contribution is 0.299. The molecule has 0 aliphatic heterocycles. The second-order valence-corrected chi connectivity index (χ2v) is 8.55. The second-order valence-electron chi connectivity index (χ2n) is 7.47. The maximum absolute atomic E-state index is 12.9. The summed E-state index contributed by atoms with van der Waals surface area (Å²) in [6.45, 7) is 5.54. The van der Waals surface area contributed by atoms with E-state index in [9.17, 15) is 4.79 Å². The molecule has 0 N–H and O–H groups in total. The van der Waals surface area contributed by atoms with Crippen LogP contribution in [0.4, 0.5) is 0 Å². The first kappa shape index (κ1) is 18.2. The van der Waals surface area contributed by atoms with Crippen molar-refractivity contribution in [1.82, 2.24) is 15.0 Å². The van der Waals surface area contributed by atoms with E-state index in [1.165, 1.54) is 15.1 Å². The van der Waals surface area contributed by atoms with Crippen LogP contribution < -0.4 is 10.3 Å². The maximum atomic E-state index is 12.9. The van der Waals surface area contributed by atoms with Crippen LogP contribution in [0.15, 0.2) is 29.1 Å². The highest BCUT2D eigenvalue weighted by Crippen LogP contribution is 2.35. The van der Waals surface area contributed by atoms with E-state index in [2.05, 4.69) is 17.2 Å². The molecule has 0 bridgehead atoms. The summed E-state index contributed by atoms with van der Waals surface area (Å²) in [4.78, 5) is 15.0. The first-order chi connectivity index (χ1) is 13.1. The predicted molar refractivity (Wildman–Crippen MR) is 109 cm³/mol. The molecule has 2 heterocycles. The normalized spacial score (nSPS) is 16.4. The lowest BCUT2D eigenvalue weighted by Gasteiger charge is -2.17. The highest BCUT2D eigenvalue weighted by molar-refractivity contribution is 7.18. The van der Waals surface area contributed by atoms with E-state index in [0.29, 0.717) is 19.1 Å². The van der Waals surface area contributed by atoms with Crippen molar-refractivity contribution in [3.05, 3.63) is 50.6 Å². The molecule has 0 unspecified atom stereocenters. The van der Waals surface area contributed by atoms with E-state index in [0.717, 1.165) is 53.6 Å². The molecule has 0 fully saturated rings. The smallest absolute Gasteiger partial charge is 0.278 e. The average molecular weight is 384 g/mol. The Hall–Kier alpha value is -2.21. The van der Waals surface area contributed by atoms with Crippen molar-refractivity contribution in [2.45, 2.75) is 52.5 Å². The van der Waals surface area contributed by atoms with E-state index in [1.54, 1.807) is 11.3 Å². The fourth-order valence-corrected chi connectivity index (χ4v) is 5.02. The summed E-state index contributed by atoms with van der Waals surface area (Å²) in [5.74, 6) is 1.61. The Bertz CT molecular complexity index is 1010. The van der Waals surface area contributed by atoms with Crippen molar-refractivity contribution in [1.29, 1.82) is 0 Å². The van der Waals surface area contributed by atoms with Gasteiger partial charge in [-0.15, -0.1) is 16.4 Å². The molecule has 0 amide bonds. The minimum absolute atomic E-state index is 0.0203. The van der Waals surface area contributed by atoms with Crippen molar-refractivity contribution in [2.75, 3.05) is 6.61 Å². The Kier molecular flexibility index (Phi) is 5.25. The van der Waals surface area contributed by atoms with Crippen molar-refractivity contribution < 1.29 is 4.74 Å². The number of unbranched alkanes of at least 4 members (excludes halogenated alkanes) is 1. The van der Waals surface area contributed by atoms with Crippen LogP contribution in [0.25, 0.3) is 10.2 Å². The van der Waals surface area contributed by atoms with Gasteiger partial charge >= 0.3 is 0 Å². The van der Waals surface area contributed by atoms with Gasteiger partial charge in [-0.3, -0.25) is 4.79 Å². The molecule has 2 aromatic heterocycles. The molecule has 1 atom stereocenters. The molecule has 5 nitrogen and oxygen atoms in total. The topological polar surface area (TPSA) is 57.0 Å². The second kappa shape index (κ2) is 7.80. The SMILES string of the molecule is Cc1ccccc1OCCCCn1nnc2sc3c(c2c1=O)CC[C@H](C)C3. The van der Waals surface area contributed by atoms with E-state index in [1.807, 2.05) is 31.2 Å². The lowest BCUT2D eigenvalue weighted by atomic mass is 9.89. The summed E-state index contributed by atoms with van der Waals surface area (Å²) in [5.41, 5.74) is 2.39. The maximum Gasteiger partial charge on any atom is 0.278 e. The van der Waals surface area contributed by atoms with Crippen molar-refractivity contribution in [2.24, 2.45) is 5.92 Å². The molecule has 4 rings (SSSR count). The Morgan fingerprint density at radius 3 is 3.00 bits per heavy atom. The van der Waals surface area contributed by atoms with Crippen molar-refractivity contribution in [3.63, 3.8) is 0 Å². The van der Waals surface area contributed by atoms with Crippen LogP contribution in [0.1, 0.15) is 42.2 Å². The molecule has 0 radical (unpaired) electrons. The van der Waals surface area contributed by atoms with Crippen LogP contribution in [-0.2, 0) is 19.4 Å². The van der Waals surface area contributed by atoms with Gasteiger partial charge < -0.3 is 4.74 Å². The minimum Gasteiger partial charge on any atom is -0.493 e. The zero-order valence-electron chi connectivity index (χ0n) is 15.9. The van der Waals surface area contributed by atoms with Gasteiger partial charge in [-0.2, -0.15) is 0 Å². The number of hydrogen-bond acceptors (Lipinski definition) is 5. The van der Waals surface area contributed by atoms with E-state index in [-0.39, 0.29) is 5.56 Å². The number of ether oxygens (including phenoxy) is 1. The fourth-order valence-electron chi connectivity index (χ4n) is 3.70. The van der Waals surface area contributed by atoms with Crippen LogP contribution in [0.5, 0.6) is 5.75 Å². The summed E-state index contributed by atoms with van der Waals surface area (Å²) in [6, 6.07) is 8.02. The molecule has 0 spiro atoms. The van der Waals surface area contributed by atoms with Crippen LogP contribution in [0.3, 0.4) is 0 Å². The van der Waals surface area contributed by atoms with Gasteiger partial charge in [-0.25, -0.2) is 4.68 Å². The lowest BCUT2D eigenvalue weighted by Crippen LogP contribution is -2.25. The van der Waals surface area contributed by atoms with Gasteiger partial charge in [0, 0.05) is 11.4 Å². The number of aryl methyl sites for hydroxylation is 3. The molecule has 0 saturated heterocycles. The summed E-state index contributed by atoms with van der Waals surface area (Å²) < 4.78 is 7.35. The standard InChI is InChI=1S/C21H25N3O2S/c1-14-9-10-16-18(13-14)27-20-19(16)21(25)24(23-22-20)11-5-6-12-26-17-8-4-3-7-15(17)2/h3-4,7-8,14H,5-6,9-13H2,1-2H3/t14-/m0/s1. The monoisotopic (exact) mass is 383 g/mol. The van der Waals surface area contributed by atoms with Crippen LogP contribution in [0.2, 0.25) is 0 Å². The highest BCUT2D eigenvalue weighted by atomic mass is 32.1. The third kappa shape index (κ3) is 3.76. The fraction of sp³-hybridized carbons (Fsp3) is 0.476. The highest BCUT2D eigenvalue weighted by Gasteiger charge is 2.23. The third-order valence-corrected chi connectivity index (χ3v) is 6.44. The van der Waals surface area contributed by atoms with Crippen LogP contribution in [-0.4, -0.2) is 21.6 Å². The third-order valence-electron chi connectivity index (χ3n) is 5.30. The van der Waals surface area contributed by atoms with Crippen molar-refractivity contribution in [3.8, 4) is 5.75 Å². The number of rotatable bonds is 6. The van der Waals surface area contributed by atoms with Crippen molar-refractivity contribution >= 4 is 21.6 Å².